The smallest absolute Gasteiger partial charge is 0.268 e. The fourth-order valence-electron chi connectivity index (χ4n) is 3.69. The normalized spacial score (nSPS) is 11.9. The Kier molecular flexibility index (Phi) is 6.24. The Balaban J connectivity index is 2.04. The highest BCUT2D eigenvalue weighted by Crippen LogP contribution is 2.31. The highest BCUT2D eigenvalue weighted by atomic mass is 32.2. The van der Waals surface area contributed by atoms with E-state index in [9.17, 15) is 22.9 Å². The molecule has 0 aliphatic carbocycles. The Labute approximate surface area is 202 Å². The van der Waals surface area contributed by atoms with Crippen LogP contribution in [0.1, 0.15) is 16.1 Å². The van der Waals surface area contributed by atoms with Gasteiger partial charge in [0.25, 0.3) is 10.0 Å². The van der Waals surface area contributed by atoms with Crippen LogP contribution in [0.4, 0.5) is 4.39 Å². The number of allylic oxidation sites excluding steroid dienone is 1. The minimum atomic E-state index is -4.26. The number of Topliss-reactive ketones (excluding diaryl/α,β-unsaturated/α-hetero) is 1. The van der Waals surface area contributed by atoms with Gasteiger partial charge in [-0.25, -0.2) is 16.8 Å². The van der Waals surface area contributed by atoms with Gasteiger partial charge in [-0.05, 0) is 43.3 Å². The molecule has 0 N–H and O–H groups in total. The molecule has 35 heavy (non-hydrogen) atoms. The maximum Gasteiger partial charge on any atom is 0.268 e. The van der Waals surface area contributed by atoms with E-state index in [1.54, 1.807) is 38.4 Å². The van der Waals surface area contributed by atoms with E-state index >= 15 is 0 Å². The predicted octanol–water partition coefficient (Wildman–Crippen LogP) is 4.54. The summed E-state index contributed by atoms with van der Waals surface area (Å²) in [6.45, 7) is 1.83. The molecule has 0 saturated carbocycles. The molecule has 0 saturated heterocycles. The molecule has 4 rings (SSSR count). The molecular formula is C26H21FN4O3S. The Hall–Kier alpha value is -4.29. The molecule has 176 valence electrons. The lowest BCUT2D eigenvalue weighted by Crippen LogP contribution is -2.20. The van der Waals surface area contributed by atoms with Crippen molar-refractivity contribution in [3.8, 4) is 17.3 Å². The molecule has 0 radical (unpaired) electrons. The van der Waals surface area contributed by atoms with Gasteiger partial charge in [-0.15, -0.1) is 0 Å². The third-order valence-electron chi connectivity index (χ3n) is 5.34. The second kappa shape index (κ2) is 9.16. The summed E-state index contributed by atoms with van der Waals surface area (Å²) < 4.78 is 42.9. The van der Waals surface area contributed by atoms with Crippen LogP contribution in [0.3, 0.4) is 0 Å². The second-order valence-electron chi connectivity index (χ2n) is 8.17. The molecule has 0 fully saturated rings. The van der Waals surface area contributed by atoms with Gasteiger partial charge in [0.2, 0.25) is 5.78 Å². The van der Waals surface area contributed by atoms with Gasteiger partial charge >= 0.3 is 0 Å². The maximum absolute atomic E-state index is 14.4. The quantitative estimate of drug-likeness (QED) is 0.225. The van der Waals surface area contributed by atoms with E-state index in [2.05, 4.69) is 4.98 Å². The Morgan fingerprint density at radius 2 is 1.83 bits per heavy atom. The molecular weight excluding hydrogens is 467 g/mol. The van der Waals surface area contributed by atoms with Crippen LogP contribution in [-0.2, 0) is 10.0 Å². The molecule has 0 atom stereocenters. The van der Waals surface area contributed by atoms with Crippen molar-refractivity contribution >= 4 is 26.7 Å². The number of benzene rings is 2. The number of hydrogen-bond acceptors (Lipinski definition) is 6. The van der Waals surface area contributed by atoms with Crippen LogP contribution < -0.4 is 0 Å². The average molecular weight is 489 g/mol. The molecule has 0 aliphatic heterocycles. The monoisotopic (exact) mass is 488 g/mol. The topological polar surface area (TPSA) is 96.1 Å². The van der Waals surface area contributed by atoms with E-state index in [1.165, 1.54) is 53.7 Å². The number of nitrogens with zero attached hydrogens (tertiary/aromatic N) is 4. The van der Waals surface area contributed by atoms with Gasteiger partial charge < -0.3 is 4.90 Å². The van der Waals surface area contributed by atoms with Crippen molar-refractivity contribution in [3.05, 3.63) is 95.7 Å². The van der Waals surface area contributed by atoms with Gasteiger partial charge in [-0.1, -0.05) is 29.8 Å². The van der Waals surface area contributed by atoms with E-state index in [0.717, 1.165) is 9.54 Å². The summed E-state index contributed by atoms with van der Waals surface area (Å²) in [6, 6.07) is 16.9. The van der Waals surface area contributed by atoms with Crippen LogP contribution in [0, 0.1) is 24.1 Å². The van der Waals surface area contributed by atoms with E-state index in [1.807, 2.05) is 13.0 Å². The summed E-state index contributed by atoms with van der Waals surface area (Å²) in [5, 5.41) is 10.0. The van der Waals surface area contributed by atoms with Crippen LogP contribution in [0.2, 0.25) is 0 Å². The summed E-state index contributed by atoms with van der Waals surface area (Å²) in [4.78, 5) is 18.9. The van der Waals surface area contributed by atoms with Crippen LogP contribution in [0.15, 0.2) is 83.5 Å². The number of fused-ring (bicyclic) bond motifs is 1. The number of carbonyl (C=O) groups is 1. The van der Waals surface area contributed by atoms with Crippen molar-refractivity contribution in [1.82, 2.24) is 13.9 Å². The number of aromatic nitrogens is 2. The lowest BCUT2D eigenvalue weighted by Gasteiger charge is -2.13. The molecule has 0 spiro atoms. The van der Waals surface area contributed by atoms with Gasteiger partial charge in [0.15, 0.2) is 0 Å². The van der Waals surface area contributed by atoms with Crippen molar-refractivity contribution < 1.29 is 17.6 Å². The zero-order valence-corrected chi connectivity index (χ0v) is 20.0. The molecule has 0 aliphatic rings. The van der Waals surface area contributed by atoms with Crippen LogP contribution >= 0.6 is 0 Å². The molecule has 7 nitrogen and oxygen atoms in total. The number of nitriles is 1. The number of aryl methyl sites for hydroxylation is 1. The standard InChI is InChI=1S/C26H21FN4O3S/c1-17-6-10-21(11-7-17)35(33,34)31-23-14-19(25-22(27)5-4-12-29-25)9-8-18(23)13-24(31)26(32)20(15-28)16-30(2)3/h4-14,16H,1-3H3/b20-16-. The zero-order valence-electron chi connectivity index (χ0n) is 19.2. The molecule has 2 aromatic heterocycles. The molecule has 9 heteroatoms. The van der Waals surface area contributed by atoms with Crippen molar-refractivity contribution in [2.45, 2.75) is 11.8 Å². The number of halogens is 1. The lowest BCUT2D eigenvalue weighted by atomic mass is 10.1. The van der Waals surface area contributed by atoms with Crippen molar-refractivity contribution in [2.24, 2.45) is 0 Å². The first-order valence-electron chi connectivity index (χ1n) is 10.5. The van der Waals surface area contributed by atoms with Crippen molar-refractivity contribution in [1.29, 1.82) is 5.26 Å². The molecule has 0 unspecified atom stereocenters. The van der Waals surface area contributed by atoms with Crippen LogP contribution in [0.5, 0.6) is 0 Å². The number of rotatable bonds is 6. The lowest BCUT2D eigenvalue weighted by molar-refractivity contribution is 0.103. The van der Waals surface area contributed by atoms with Crippen molar-refractivity contribution in [2.75, 3.05) is 14.1 Å². The number of pyridine rings is 1. The first-order chi connectivity index (χ1) is 16.6. The summed E-state index contributed by atoms with van der Waals surface area (Å²) in [5.74, 6) is -1.32. The fourth-order valence-corrected chi connectivity index (χ4v) is 5.19. The van der Waals surface area contributed by atoms with Gasteiger partial charge in [0.1, 0.15) is 28.8 Å². The van der Waals surface area contributed by atoms with E-state index < -0.39 is 21.6 Å². The SMILES string of the molecule is Cc1ccc(S(=O)(=O)n2c(C(=O)/C(C#N)=C\N(C)C)cc3ccc(-c4ncccc4F)cc32)cc1. The highest BCUT2D eigenvalue weighted by molar-refractivity contribution is 7.90. The Morgan fingerprint density at radius 3 is 2.46 bits per heavy atom. The number of hydrogen-bond donors (Lipinski definition) is 0. The van der Waals surface area contributed by atoms with Crippen LogP contribution in [-0.4, -0.2) is 42.2 Å². The molecule has 2 aromatic carbocycles. The first-order valence-corrected chi connectivity index (χ1v) is 12.0. The minimum absolute atomic E-state index is 0.0285. The molecule has 0 bridgehead atoms. The molecule has 0 amide bonds. The molecule has 2 heterocycles. The number of ketones is 1. The summed E-state index contributed by atoms with van der Waals surface area (Å²) in [5.41, 5.74) is 0.998. The minimum Gasteiger partial charge on any atom is -0.382 e. The van der Waals surface area contributed by atoms with Gasteiger partial charge in [0.05, 0.1) is 10.4 Å². The Bertz CT molecular complexity index is 1630. The predicted molar refractivity (Wildman–Crippen MR) is 131 cm³/mol. The van der Waals surface area contributed by atoms with Gasteiger partial charge in [-0.3, -0.25) is 9.78 Å². The third-order valence-corrected chi connectivity index (χ3v) is 7.08. The van der Waals surface area contributed by atoms with Crippen LogP contribution in [0.25, 0.3) is 22.2 Å². The van der Waals surface area contributed by atoms with Gasteiger partial charge in [0, 0.05) is 37.4 Å². The maximum atomic E-state index is 14.4. The Morgan fingerprint density at radius 1 is 1.11 bits per heavy atom. The summed E-state index contributed by atoms with van der Waals surface area (Å²) in [7, 11) is -0.963. The van der Waals surface area contributed by atoms with E-state index in [-0.39, 0.29) is 27.4 Å². The second-order valence-corrected chi connectivity index (χ2v) is 9.95. The van der Waals surface area contributed by atoms with Crippen molar-refractivity contribution in [3.63, 3.8) is 0 Å². The van der Waals surface area contributed by atoms with Gasteiger partial charge in [-0.2, -0.15) is 5.26 Å². The first kappa shape index (κ1) is 23.9. The van der Waals surface area contributed by atoms with E-state index in [4.69, 9.17) is 0 Å². The molecule has 4 aromatic rings. The largest absolute Gasteiger partial charge is 0.382 e. The van der Waals surface area contributed by atoms with E-state index in [0.29, 0.717) is 10.9 Å². The highest BCUT2D eigenvalue weighted by Gasteiger charge is 2.28. The zero-order chi connectivity index (χ0) is 25.3. The number of carbonyl (C=O) groups excluding carboxylic acids is 1. The summed E-state index contributed by atoms with van der Waals surface area (Å²) >= 11 is 0. The third kappa shape index (κ3) is 4.44. The summed E-state index contributed by atoms with van der Waals surface area (Å²) in [6.07, 6.45) is 2.77. The fraction of sp³-hybridized carbons (Fsp3) is 0.115. The average Bonchev–Trinajstić information content (AvgIpc) is 3.22.